The molecule has 0 spiro atoms. The molecule has 1 amide bonds. The number of carbonyl (C=O) groups excluding carboxylic acids is 1. The highest BCUT2D eigenvalue weighted by Gasteiger charge is 2.23. The minimum Gasteiger partial charge on any atom is -0.496 e. The van der Waals surface area contributed by atoms with Crippen molar-refractivity contribution in [1.82, 2.24) is 10.2 Å². The SMILES string of the molecule is COc1ccccc1/C=C/CNCc1cccc(CN2CCCC(C(N)=O)C2)c1. The Bertz CT molecular complexity index is 834. The number of primary amides is 1. The molecule has 5 nitrogen and oxygen atoms in total. The van der Waals surface area contributed by atoms with Crippen LogP contribution in [-0.2, 0) is 17.9 Å². The summed E-state index contributed by atoms with van der Waals surface area (Å²) >= 11 is 0. The molecular weight excluding hydrogens is 362 g/mol. The van der Waals surface area contributed by atoms with Crippen LogP contribution in [-0.4, -0.2) is 37.6 Å². The van der Waals surface area contributed by atoms with Crippen LogP contribution in [0.4, 0.5) is 0 Å². The third-order valence-corrected chi connectivity index (χ3v) is 5.33. The normalized spacial score (nSPS) is 17.5. The van der Waals surface area contributed by atoms with Gasteiger partial charge in [-0.05, 0) is 36.6 Å². The number of rotatable bonds is 9. The fraction of sp³-hybridized carbons (Fsp3) is 0.375. The van der Waals surface area contributed by atoms with Crippen LogP contribution in [0.1, 0.15) is 29.5 Å². The fourth-order valence-corrected chi connectivity index (χ4v) is 3.82. The summed E-state index contributed by atoms with van der Waals surface area (Å²) in [5.74, 6) is 0.699. The summed E-state index contributed by atoms with van der Waals surface area (Å²) in [4.78, 5) is 13.8. The zero-order chi connectivity index (χ0) is 20.5. The Morgan fingerprint density at radius 1 is 1.24 bits per heavy atom. The van der Waals surface area contributed by atoms with Gasteiger partial charge in [-0.2, -0.15) is 0 Å². The number of likely N-dealkylation sites (tertiary alicyclic amines) is 1. The highest BCUT2D eigenvalue weighted by atomic mass is 16.5. The largest absolute Gasteiger partial charge is 0.496 e. The molecule has 1 aliphatic rings. The number of benzene rings is 2. The van der Waals surface area contributed by atoms with Gasteiger partial charge in [0.1, 0.15) is 5.75 Å². The predicted molar refractivity (Wildman–Crippen MR) is 117 cm³/mol. The van der Waals surface area contributed by atoms with Gasteiger partial charge in [0.25, 0.3) is 0 Å². The highest BCUT2D eigenvalue weighted by molar-refractivity contribution is 5.76. The van der Waals surface area contributed by atoms with Gasteiger partial charge in [-0.15, -0.1) is 0 Å². The van der Waals surface area contributed by atoms with Crippen molar-refractivity contribution in [2.24, 2.45) is 11.7 Å². The standard InChI is InChI=1S/C24H31N3O2/c1-29-23-12-3-2-9-21(23)10-5-13-26-16-19-7-4-8-20(15-19)17-27-14-6-11-22(18-27)24(25)28/h2-5,7-10,12,15,22,26H,6,11,13-14,16-18H2,1H3,(H2,25,28)/b10-5+. The number of piperidine rings is 1. The second-order valence-corrected chi connectivity index (χ2v) is 7.57. The molecule has 0 aliphatic carbocycles. The van der Waals surface area contributed by atoms with Crippen LogP contribution >= 0.6 is 0 Å². The molecule has 0 bridgehead atoms. The molecule has 29 heavy (non-hydrogen) atoms. The van der Waals surface area contributed by atoms with E-state index in [4.69, 9.17) is 10.5 Å². The molecule has 1 saturated heterocycles. The number of ether oxygens (including phenoxy) is 1. The lowest BCUT2D eigenvalue weighted by Gasteiger charge is -2.31. The smallest absolute Gasteiger partial charge is 0.221 e. The number of hydrogen-bond acceptors (Lipinski definition) is 4. The van der Waals surface area contributed by atoms with Gasteiger partial charge in [0.05, 0.1) is 13.0 Å². The van der Waals surface area contributed by atoms with Crippen molar-refractivity contribution in [1.29, 1.82) is 0 Å². The van der Waals surface area contributed by atoms with E-state index in [0.717, 1.165) is 56.9 Å². The Labute approximate surface area is 173 Å². The number of carbonyl (C=O) groups is 1. The van der Waals surface area contributed by atoms with Gasteiger partial charge in [0.2, 0.25) is 5.91 Å². The first-order valence-corrected chi connectivity index (χ1v) is 10.3. The quantitative estimate of drug-likeness (QED) is 0.642. The molecule has 1 aliphatic heterocycles. The molecule has 5 heteroatoms. The monoisotopic (exact) mass is 393 g/mol. The average Bonchev–Trinajstić information content (AvgIpc) is 2.74. The van der Waals surface area contributed by atoms with Gasteiger partial charge >= 0.3 is 0 Å². The van der Waals surface area contributed by atoms with Gasteiger partial charge in [-0.3, -0.25) is 9.69 Å². The Morgan fingerprint density at radius 3 is 2.90 bits per heavy atom. The lowest BCUT2D eigenvalue weighted by Crippen LogP contribution is -2.40. The molecule has 0 radical (unpaired) electrons. The topological polar surface area (TPSA) is 67.6 Å². The van der Waals surface area contributed by atoms with E-state index in [9.17, 15) is 4.79 Å². The number of methoxy groups -OCH3 is 1. The fourth-order valence-electron chi connectivity index (χ4n) is 3.82. The number of hydrogen-bond donors (Lipinski definition) is 2. The molecule has 1 fully saturated rings. The van der Waals surface area contributed by atoms with Crippen LogP contribution in [0.25, 0.3) is 6.08 Å². The van der Waals surface area contributed by atoms with Crippen LogP contribution in [0.5, 0.6) is 5.75 Å². The molecule has 1 unspecified atom stereocenters. The molecule has 2 aromatic rings. The first-order valence-electron chi connectivity index (χ1n) is 10.3. The maximum atomic E-state index is 11.5. The van der Waals surface area contributed by atoms with E-state index < -0.39 is 0 Å². The van der Waals surface area contributed by atoms with Gasteiger partial charge in [0, 0.05) is 31.7 Å². The summed E-state index contributed by atoms with van der Waals surface area (Å²) in [7, 11) is 1.69. The summed E-state index contributed by atoms with van der Waals surface area (Å²) in [5.41, 5.74) is 9.11. The van der Waals surface area contributed by atoms with Crippen molar-refractivity contribution in [3.8, 4) is 5.75 Å². The lowest BCUT2D eigenvalue weighted by molar-refractivity contribution is -0.123. The van der Waals surface area contributed by atoms with E-state index in [-0.39, 0.29) is 11.8 Å². The van der Waals surface area contributed by atoms with E-state index in [0.29, 0.717) is 0 Å². The Balaban J connectivity index is 1.47. The minimum atomic E-state index is -0.172. The first kappa shape index (κ1) is 21.1. The van der Waals surface area contributed by atoms with Crippen LogP contribution in [0.2, 0.25) is 0 Å². The molecule has 0 aromatic heterocycles. The Morgan fingerprint density at radius 2 is 2.07 bits per heavy atom. The van der Waals surface area contributed by atoms with Crippen molar-refractivity contribution in [2.75, 3.05) is 26.7 Å². The molecule has 1 atom stereocenters. The molecule has 1 heterocycles. The molecule has 2 aromatic carbocycles. The summed E-state index contributed by atoms with van der Waals surface area (Å²) in [5, 5.41) is 3.46. The summed E-state index contributed by atoms with van der Waals surface area (Å²) in [6.45, 7) is 4.26. The highest BCUT2D eigenvalue weighted by Crippen LogP contribution is 2.19. The van der Waals surface area contributed by atoms with Crippen molar-refractivity contribution in [2.45, 2.75) is 25.9 Å². The lowest BCUT2D eigenvalue weighted by atomic mass is 9.97. The minimum absolute atomic E-state index is 0.0105. The van der Waals surface area contributed by atoms with Gasteiger partial charge in [-0.25, -0.2) is 0 Å². The van der Waals surface area contributed by atoms with Crippen LogP contribution in [0.15, 0.2) is 54.6 Å². The number of nitrogens with zero attached hydrogens (tertiary/aromatic N) is 1. The van der Waals surface area contributed by atoms with Gasteiger partial charge in [0.15, 0.2) is 0 Å². The Kier molecular flexibility index (Phi) is 7.85. The van der Waals surface area contributed by atoms with Crippen molar-refractivity contribution in [3.63, 3.8) is 0 Å². The molecule has 3 N–H and O–H groups in total. The molecule has 154 valence electrons. The third kappa shape index (κ3) is 6.44. The maximum absolute atomic E-state index is 11.5. The molecule has 0 saturated carbocycles. The van der Waals surface area contributed by atoms with E-state index in [1.165, 1.54) is 11.1 Å². The number of nitrogens with two attached hydrogens (primary N) is 1. The molecule has 3 rings (SSSR count). The predicted octanol–water partition coefficient (Wildman–Crippen LogP) is 3.20. The van der Waals surface area contributed by atoms with E-state index in [1.807, 2.05) is 24.3 Å². The Hall–Kier alpha value is -2.63. The van der Waals surface area contributed by atoms with Crippen LogP contribution in [0.3, 0.4) is 0 Å². The third-order valence-electron chi connectivity index (χ3n) is 5.33. The summed E-state index contributed by atoms with van der Waals surface area (Å²) < 4.78 is 5.37. The second-order valence-electron chi connectivity index (χ2n) is 7.57. The number of para-hydroxylation sites is 1. The average molecular weight is 394 g/mol. The second kappa shape index (κ2) is 10.8. The molecular formula is C24H31N3O2. The van der Waals surface area contributed by atoms with Gasteiger partial charge < -0.3 is 15.8 Å². The van der Waals surface area contributed by atoms with Gasteiger partial charge in [-0.1, -0.05) is 54.6 Å². The zero-order valence-electron chi connectivity index (χ0n) is 17.1. The van der Waals surface area contributed by atoms with E-state index >= 15 is 0 Å². The summed E-state index contributed by atoms with van der Waals surface area (Å²) in [6.07, 6.45) is 6.14. The maximum Gasteiger partial charge on any atom is 0.221 e. The summed E-state index contributed by atoms with van der Waals surface area (Å²) in [6, 6.07) is 16.6. The number of nitrogens with one attached hydrogen (secondary N) is 1. The zero-order valence-corrected chi connectivity index (χ0v) is 17.1. The van der Waals surface area contributed by atoms with Crippen molar-refractivity contribution < 1.29 is 9.53 Å². The van der Waals surface area contributed by atoms with E-state index in [1.54, 1.807) is 7.11 Å². The van der Waals surface area contributed by atoms with Crippen LogP contribution in [0, 0.1) is 5.92 Å². The first-order chi connectivity index (χ1) is 14.2. The van der Waals surface area contributed by atoms with Crippen molar-refractivity contribution in [3.05, 3.63) is 71.3 Å². The van der Waals surface area contributed by atoms with Crippen LogP contribution < -0.4 is 15.8 Å². The number of amides is 1. The van der Waals surface area contributed by atoms with Crippen molar-refractivity contribution >= 4 is 12.0 Å². The van der Waals surface area contributed by atoms with E-state index in [2.05, 4.69) is 46.6 Å².